The molecule has 0 spiro atoms. The molecule has 2 unspecified atom stereocenters. The van der Waals surface area contributed by atoms with E-state index < -0.39 is 17.1 Å². The molecule has 2 heterocycles. The van der Waals surface area contributed by atoms with Gasteiger partial charge in [0.25, 0.3) is 5.91 Å². The van der Waals surface area contributed by atoms with E-state index in [2.05, 4.69) is 11.6 Å². The summed E-state index contributed by atoms with van der Waals surface area (Å²) in [5.41, 5.74) is 1.99. The summed E-state index contributed by atoms with van der Waals surface area (Å²) in [5, 5.41) is 12.4. The monoisotopic (exact) mass is 493 g/mol. The third kappa shape index (κ3) is 4.35. The Labute approximate surface area is 216 Å². The molecule has 0 bridgehead atoms. The molecule has 0 saturated carbocycles. The number of aromatic nitrogens is 1. The Morgan fingerprint density at radius 1 is 0.917 bits per heavy atom. The molecule has 5 nitrogen and oxygen atoms in total. The van der Waals surface area contributed by atoms with Gasteiger partial charge in [-0.15, -0.1) is 12.6 Å². The zero-order valence-corrected chi connectivity index (χ0v) is 20.6. The predicted octanol–water partition coefficient (Wildman–Crippen LogP) is 5.29. The van der Waals surface area contributed by atoms with Crippen molar-refractivity contribution in [1.29, 1.82) is 0 Å². The normalized spacial score (nSPS) is 20.0. The highest BCUT2D eigenvalue weighted by Crippen LogP contribution is 2.43. The highest BCUT2D eigenvalue weighted by Gasteiger charge is 2.57. The summed E-state index contributed by atoms with van der Waals surface area (Å²) in [6.45, 7) is 4.60. The Morgan fingerprint density at radius 3 is 2.17 bits per heavy atom. The summed E-state index contributed by atoms with van der Waals surface area (Å²) in [7, 11) is 0. The SMILES string of the molecule is C=Cc1ccc(-c2ccccn2)cc1C1(O)C(=O)N(Cc2ccccc2)C(S)N1Cc1ccccc1. The number of carbonyl (C=O) groups is 1. The molecule has 1 amide bonds. The first-order chi connectivity index (χ1) is 17.5. The van der Waals surface area contributed by atoms with Crippen LogP contribution in [0.3, 0.4) is 0 Å². The summed E-state index contributed by atoms with van der Waals surface area (Å²) in [6.07, 6.45) is 3.38. The van der Waals surface area contributed by atoms with Gasteiger partial charge in [-0.3, -0.25) is 9.78 Å². The maximum Gasteiger partial charge on any atom is 0.277 e. The van der Waals surface area contributed by atoms with Crippen molar-refractivity contribution in [3.05, 3.63) is 132 Å². The molecule has 0 aliphatic carbocycles. The summed E-state index contributed by atoms with van der Waals surface area (Å²) in [4.78, 5) is 21.9. The van der Waals surface area contributed by atoms with Gasteiger partial charge >= 0.3 is 0 Å². The van der Waals surface area contributed by atoms with Gasteiger partial charge in [-0.1, -0.05) is 91.5 Å². The molecule has 3 aromatic carbocycles. The van der Waals surface area contributed by atoms with E-state index in [9.17, 15) is 9.90 Å². The average molecular weight is 494 g/mol. The van der Waals surface area contributed by atoms with Crippen molar-refractivity contribution in [1.82, 2.24) is 14.8 Å². The molecule has 1 aliphatic rings. The van der Waals surface area contributed by atoms with Crippen molar-refractivity contribution in [2.24, 2.45) is 0 Å². The molecule has 1 aliphatic heterocycles. The smallest absolute Gasteiger partial charge is 0.277 e. The van der Waals surface area contributed by atoms with E-state index in [0.717, 1.165) is 22.4 Å². The molecule has 1 saturated heterocycles. The Bertz CT molecular complexity index is 1370. The minimum absolute atomic E-state index is 0.324. The molecule has 36 heavy (non-hydrogen) atoms. The number of pyridine rings is 1. The van der Waals surface area contributed by atoms with Gasteiger partial charge in [0.05, 0.1) is 5.69 Å². The molecule has 2 atom stereocenters. The van der Waals surface area contributed by atoms with Crippen molar-refractivity contribution in [2.75, 3.05) is 0 Å². The third-order valence-corrected chi connectivity index (χ3v) is 7.09. The van der Waals surface area contributed by atoms with Gasteiger partial charge in [0.1, 0.15) is 5.50 Å². The lowest BCUT2D eigenvalue weighted by Gasteiger charge is -2.34. The van der Waals surface area contributed by atoms with Gasteiger partial charge in [0.15, 0.2) is 0 Å². The summed E-state index contributed by atoms with van der Waals surface area (Å²) in [5.74, 6) is -0.427. The van der Waals surface area contributed by atoms with Crippen molar-refractivity contribution in [3.8, 4) is 11.3 Å². The molecule has 180 valence electrons. The van der Waals surface area contributed by atoms with E-state index in [1.54, 1.807) is 22.1 Å². The van der Waals surface area contributed by atoms with E-state index in [1.165, 1.54) is 0 Å². The fourth-order valence-electron chi connectivity index (χ4n) is 4.67. The third-order valence-electron chi connectivity index (χ3n) is 6.53. The number of thiol groups is 1. The van der Waals surface area contributed by atoms with Crippen LogP contribution < -0.4 is 0 Å². The van der Waals surface area contributed by atoms with Crippen LogP contribution in [0.15, 0.2) is 110 Å². The second-order valence-corrected chi connectivity index (χ2v) is 9.23. The summed E-state index contributed by atoms with van der Waals surface area (Å²) >= 11 is 4.86. The lowest BCUT2D eigenvalue weighted by atomic mass is 9.92. The Balaban J connectivity index is 1.64. The first kappa shape index (κ1) is 24.0. The zero-order chi connectivity index (χ0) is 25.1. The van der Waals surface area contributed by atoms with Crippen molar-refractivity contribution in [3.63, 3.8) is 0 Å². The van der Waals surface area contributed by atoms with Crippen LogP contribution in [0.2, 0.25) is 0 Å². The van der Waals surface area contributed by atoms with Gasteiger partial charge in [0.2, 0.25) is 5.72 Å². The zero-order valence-electron chi connectivity index (χ0n) is 19.7. The standard InChI is InChI=1S/C30H27N3O2S/c1-2-24-16-17-25(27-15-9-10-18-31-27)19-26(24)30(35)28(34)32(20-22-11-5-3-6-12-22)29(36)33(30)21-23-13-7-4-8-14-23/h2-19,29,35-36H,1,20-21H2. The molecule has 1 aromatic heterocycles. The lowest BCUT2D eigenvalue weighted by Crippen LogP contribution is -2.47. The minimum Gasteiger partial charge on any atom is -0.364 e. The maximum atomic E-state index is 14.1. The Kier molecular flexibility index (Phi) is 6.74. The van der Waals surface area contributed by atoms with E-state index in [4.69, 9.17) is 12.6 Å². The van der Waals surface area contributed by atoms with Crippen LogP contribution in [0.25, 0.3) is 17.3 Å². The summed E-state index contributed by atoms with van der Waals surface area (Å²) < 4.78 is 0. The molecular formula is C30H27N3O2S. The fourth-order valence-corrected chi connectivity index (χ4v) is 5.11. The number of amides is 1. The van der Waals surface area contributed by atoms with Gasteiger partial charge < -0.3 is 10.0 Å². The van der Waals surface area contributed by atoms with Crippen LogP contribution in [0.1, 0.15) is 22.3 Å². The topological polar surface area (TPSA) is 56.7 Å². The van der Waals surface area contributed by atoms with Crippen molar-refractivity contribution < 1.29 is 9.90 Å². The Hall–Kier alpha value is -3.71. The largest absolute Gasteiger partial charge is 0.364 e. The van der Waals surface area contributed by atoms with Gasteiger partial charge in [-0.05, 0) is 34.9 Å². The van der Waals surface area contributed by atoms with Crippen molar-refractivity contribution in [2.45, 2.75) is 24.3 Å². The molecule has 0 radical (unpaired) electrons. The van der Waals surface area contributed by atoms with E-state index in [-0.39, 0.29) is 0 Å². The highest BCUT2D eigenvalue weighted by molar-refractivity contribution is 7.80. The highest BCUT2D eigenvalue weighted by atomic mass is 32.1. The van der Waals surface area contributed by atoms with Crippen LogP contribution in [-0.4, -0.2) is 31.3 Å². The number of aliphatic hydroxyl groups is 1. The molecular weight excluding hydrogens is 466 g/mol. The number of rotatable bonds is 7. The first-order valence-corrected chi connectivity index (χ1v) is 12.3. The van der Waals surface area contributed by atoms with Crippen molar-refractivity contribution >= 4 is 24.6 Å². The second-order valence-electron chi connectivity index (χ2n) is 8.77. The number of nitrogens with zero attached hydrogens (tertiary/aromatic N) is 3. The van der Waals surface area contributed by atoms with Crippen LogP contribution >= 0.6 is 12.6 Å². The van der Waals surface area contributed by atoms with Gasteiger partial charge in [-0.2, -0.15) is 0 Å². The molecule has 5 rings (SSSR count). The Morgan fingerprint density at radius 2 is 1.56 bits per heavy atom. The average Bonchev–Trinajstić information content (AvgIpc) is 3.11. The number of carbonyl (C=O) groups excluding carboxylic acids is 1. The molecule has 6 heteroatoms. The fraction of sp³-hybridized carbons (Fsp3) is 0.133. The maximum absolute atomic E-state index is 14.1. The quantitative estimate of drug-likeness (QED) is 0.343. The van der Waals surface area contributed by atoms with Crippen LogP contribution in [0.5, 0.6) is 0 Å². The second kappa shape index (κ2) is 10.1. The van der Waals surface area contributed by atoms with Crippen LogP contribution in [-0.2, 0) is 23.6 Å². The van der Waals surface area contributed by atoms with E-state index >= 15 is 0 Å². The predicted molar refractivity (Wildman–Crippen MR) is 145 cm³/mol. The number of benzene rings is 3. The number of hydrogen-bond acceptors (Lipinski definition) is 5. The van der Waals surface area contributed by atoms with E-state index in [1.807, 2.05) is 97.1 Å². The van der Waals surface area contributed by atoms with Crippen LogP contribution in [0.4, 0.5) is 0 Å². The molecule has 4 aromatic rings. The van der Waals surface area contributed by atoms with Crippen LogP contribution in [0, 0.1) is 0 Å². The van der Waals surface area contributed by atoms with Gasteiger partial charge in [-0.25, -0.2) is 4.90 Å². The number of hydrogen-bond donors (Lipinski definition) is 2. The minimum atomic E-state index is -1.95. The first-order valence-electron chi connectivity index (χ1n) is 11.8. The van der Waals surface area contributed by atoms with E-state index in [0.29, 0.717) is 24.2 Å². The van der Waals surface area contributed by atoms with Gasteiger partial charge in [0, 0.05) is 30.4 Å². The summed E-state index contributed by atoms with van der Waals surface area (Å²) in [6, 6.07) is 30.8. The molecule has 1 fully saturated rings. The molecule has 1 N–H and O–H groups in total. The lowest BCUT2D eigenvalue weighted by molar-refractivity contribution is -0.157.